The van der Waals surface area contributed by atoms with Crippen molar-refractivity contribution in [3.05, 3.63) is 46.1 Å². The van der Waals surface area contributed by atoms with Gasteiger partial charge in [0, 0.05) is 17.3 Å². The second-order valence-electron chi connectivity index (χ2n) is 5.91. The van der Waals surface area contributed by atoms with Gasteiger partial charge in [0.05, 0.1) is 11.1 Å². The van der Waals surface area contributed by atoms with Crippen molar-refractivity contribution in [1.29, 1.82) is 5.26 Å². The third-order valence-electron chi connectivity index (χ3n) is 4.33. The number of hydrogen-bond acceptors (Lipinski definition) is 4. The van der Waals surface area contributed by atoms with Gasteiger partial charge in [-0.15, -0.1) is 11.3 Å². The molecule has 0 saturated heterocycles. The maximum Gasteiger partial charge on any atom is 0.257 e. The summed E-state index contributed by atoms with van der Waals surface area (Å²) in [4.78, 5) is 17.5. The first-order valence-corrected chi connectivity index (χ1v) is 8.80. The fourth-order valence-electron chi connectivity index (χ4n) is 3.19. The third-order valence-corrected chi connectivity index (χ3v) is 5.50. The van der Waals surface area contributed by atoms with Gasteiger partial charge < -0.3 is 5.32 Å². The van der Waals surface area contributed by atoms with Crippen LogP contribution in [0.3, 0.4) is 0 Å². The first-order valence-electron chi connectivity index (χ1n) is 7.99. The van der Waals surface area contributed by atoms with Crippen LogP contribution in [0.1, 0.15) is 52.5 Å². The largest absolute Gasteiger partial charge is 0.312 e. The van der Waals surface area contributed by atoms with E-state index in [0.717, 1.165) is 24.8 Å². The molecule has 0 fully saturated rings. The summed E-state index contributed by atoms with van der Waals surface area (Å²) in [6.45, 7) is 2.21. The van der Waals surface area contributed by atoms with E-state index >= 15 is 0 Å². The van der Waals surface area contributed by atoms with Crippen LogP contribution in [0.4, 0.5) is 5.00 Å². The molecule has 2 aromatic heterocycles. The third kappa shape index (κ3) is 3.27. The lowest BCUT2D eigenvalue weighted by Gasteiger charge is -2.21. The molecule has 1 amide bonds. The first-order chi connectivity index (χ1) is 11.2. The van der Waals surface area contributed by atoms with Gasteiger partial charge in [-0.3, -0.25) is 9.78 Å². The lowest BCUT2D eigenvalue weighted by atomic mass is 9.85. The van der Waals surface area contributed by atoms with Crippen LogP contribution < -0.4 is 5.32 Å². The zero-order chi connectivity index (χ0) is 16.2. The van der Waals surface area contributed by atoms with Crippen LogP contribution in [0.2, 0.25) is 0 Å². The summed E-state index contributed by atoms with van der Waals surface area (Å²) < 4.78 is 0. The number of aromatic nitrogens is 1. The van der Waals surface area contributed by atoms with E-state index in [4.69, 9.17) is 0 Å². The lowest BCUT2D eigenvalue weighted by molar-refractivity contribution is 0.102. The van der Waals surface area contributed by atoms with Crippen LogP contribution in [-0.4, -0.2) is 10.9 Å². The monoisotopic (exact) mass is 325 g/mol. The van der Waals surface area contributed by atoms with Crippen LogP contribution in [0, 0.1) is 17.2 Å². The summed E-state index contributed by atoms with van der Waals surface area (Å²) >= 11 is 1.56. The molecule has 0 aromatic carbocycles. The van der Waals surface area contributed by atoms with Crippen molar-refractivity contribution in [3.8, 4) is 6.07 Å². The van der Waals surface area contributed by atoms with E-state index in [1.807, 2.05) is 0 Å². The molecule has 0 spiro atoms. The van der Waals surface area contributed by atoms with Gasteiger partial charge in [-0.25, -0.2) is 0 Å². The molecule has 0 bridgehead atoms. The molecular formula is C18H19N3OS. The van der Waals surface area contributed by atoms with Gasteiger partial charge >= 0.3 is 0 Å². The minimum absolute atomic E-state index is 0.210. The second kappa shape index (κ2) is 6.93. The fourth-order valence-corrected chi connectivity index (χ4v) is 4.49. The number of fused-ring (bicyclic) bond motifs is 1. The fraction of sp³-hybridized carbons (Fsp3) is 0.389. The van der Waals surface area contributed by atoms with Crippen LogP contribution in [0.25, 0.3) is 0 Å². The van der Waals surface area contributed by atoms with Crippen LogP contribution in [-0.2, 0) is 12.8 Å². The summed E-state index contributed by atoms with van der Waals surface area (Å²) in [5.74, 6) is 0.498. The van der Waals surface area contributed by atoms with E-state index in [2.05, 4.69) is 23.3 Å². The molecule has 1 unspecified atom stereocenters. The summed E-state index contributed by atoms with van der Waals surface area (Å²) in [7, 11) is 0. The highest BCUT2D eigenvalue weighted by Crippen LogP contribution is 2.40. The Kier molecular flexibility index (Phi) is 4.73. The molecule has 1 atom stereocenters. The van der Waals surface area contributed by atoms with Crippen molar-refractivity contribution in [3.63, 3.8) is 0 Å². The van der Waals surface area contributed by atoms with E-state index in [9.17, 15) is 10.1 Å². The van der Waals surface area contributed by atoms with Gasteiger partial charge in [0.1, 0.15) is 11.1 Å². The number of thiophene rings is 1. The Balaban J connectivity index is 1.84. The molecule has 23 heavy (non-hydrogen) atoms. The van der Waals surface area contributed by atoms with E-state index in [0.29, 0.717) is 22.0 Å². The maximum atomic E-state index is 12.3. The number of carbonyl (C=O) groups excluding carboxylic acids is 1. The minimum atomic E-state index is -0.210. The Hall–Kier alpha value is -2.19. The highest BCUT2D eigenvalue weighted by molar-refractivity contribution is 7.16. The summed E-state index contributed by atoms with van der Waals surface area (Å²) in [6.07, 6.45) is 8.72. The van der Waals surface area contributed by atoms with Crippen molar-refractivity contribution < 1.29 is 4.79 Å². The Morgan fingerprint density at radius 2 is 2.43 bits per heavy atom. The highest BCUT2D eigenvalue weighted by Gasteiger charge is 2.26. The molecule has 4 nitrogen and oxygen atoms in total. The van der Waals surface area contributed by atoms with Crippen molar-refractivity contribution in [2.45, 2.75) is 39.0 Å². The predicted octanol–water partition coefficient (Wildman–Crippen LogP) is 4.17. The van der Waals surface area contributed by atoms with Crippen LogP contribution in [0.15, 0.2) is 24.5 Å². The van der Waals surface area contributed by atoms with Crippen LogP contribution in [0.5, 0.6) is 0 Å². The molecule has 2 heterocycles. The average molecular weight is 325 g/mol. The minimum Gasteiger partial charge on any atom is -0.312 e. The molecule has 0 aliphatic heterocycles. The number of amides is 1. The van der Waals surface area contributed by atoms with E-state index in [1.54, 1.807) is 29.7 Å². The summed E-state index contributed by atoms with van der Waals surface area (Å²) in [5.41, 5.74) is 2.30. The van der Waals surface area contributed by atoms with E-state index < -0.39 is 0 Å². The average Bonchev–Trinajstić information content (AvgIpc) is 2.92. The van der Waals surface area contributed by atoms with Gasteiger partial charge in [-0.1, -0.05) is 19.8 Å². The normalized spacial score (nSPS) is 16.4. The number of pyridine rings is 1. The number of nitrogens with zero attached hydrogens (tertiary/aromatic N) is 2. The van der Waals surface area contributed by atoms with Crippen molar-refractivity contribution >= 4 is 22.2 Å². The Morgan fingerprint density at radius 1 is 1.57 bits per heavy atom. The zero-order valence-corrected chi connectivity index (χ0v) is 13.9. The molecule has 3 rings (SSSR count). The topological polar surface area (TPSA) is 65.8 Å². The number of rotatable bonds is 4. The standard InChI is InChI=1S/C18H19N3OS/c1-2-4-12-6-7-14-15(10-19)18(23-16(14)9-12)21-17(22)13-5-3-8-20-11-13/h3,5,8,11-12H,2,4,6-7,9H2,1H3,(H,21,22). The first kappa shape index (κ1) is 15.7. The molecule has 1 aliphatic carbocycles. The smallest absolute Gasteiger partial charge is 0.257 e. The van der Waals surface area contributed by atoms with Gasteiger partial charge in [-0.05, 0) is 42.9 Å². The molecule has 1 aliphatic rings. The number of nitriles is 1. The molecule has 5 heteroatoms. The Bertz CT molecular complexity index is 746. The Labute approximate surface area is 140 Å². The number of hydrogen-bond donors (Lipinski definition) is 1. The molecule has 1 N–H and O–H groups in total. The summed E-state index contributed by atoms with van der Waals surface area (Å²) in [5, 5.41) is 13.1. The number of carbonyl (C=O) groups is 1. The molecular weight excluding hydrogens is 306 g/mol. The van der Waals surface area contributed by atoms with Crippen molar-refractivity contribution in [2.75, 3.05) is 5.32 Å². The molecule has 0 radical (unpaired) electrons. The van der Waals surface area contributed by atoms with E-state index in [1.165, 1.54) is 23.9 Å². The summed E-state index contributed by atoms with van der Waals surface area (Å²) in [6, 6.07) is 5.74. The van der Waals surface area contributed by atoms with Gasteiger partial charge in [0.15, 0.2) is 0 Å². The molecule has 2 aromatic rings. The quantitative estimate of drug-likeness (QED) is 0.917. The molecule has 0 saturated carbocycles. The number of nitrogens with one attached hydrogen (secondary N) is 1. The number of anilines is 1. The maximum absolute atomic E-state index is 12.3. The van der Waals surface area contributed by atoms with Crippen molar-refractivity contribution in [2.24, 2.45) is 5.92 Å². The highest BCUT2D eigenvalue weighted by atomic mass is 32.1. The second-order valence-corrected chi connectivity index (χ2v) is 7.02. The van der Waals surface area contributed by atoms with Crippen molar-refractivity contribution in [1.82, 2.24) is 4.98 Å². The van der Waals surface area contributed by atoms with Gasteiger partial charge in [-0.2, -0.15) is 5.26 Å². The SMILES string of the molecule is CCCC1CCc2c(sc(NC(=O)c3cccnc3)c2C#N)C1. The van der Waals surface area contributed by atoms with E-state index in [-0.39, 0.29) is 5.91 Å². The van der Waals surface area contributed by atoms with Gasteiger partial charge in [0.2, 0.25) is 0 Å². The zero-order valence-electron chi connectivity index (χ0n) is 13.1. The molecule has 118 valence electrons. The lowest BCUT2D eigenvalue weighted by Crippen LogP contribution is -2.13. The van der Waals surface area contributed by atoms with Gasteiger partial charge in [0.25, 0.3) is 5.91 Å². The van der Waals surface area contributed by atoms with Crippen LogP contribution >= 0.6 is 11.3 Å². The predicted molar refractivity (Wildman–Crippen MR) is 91.6 cm³/mol. The Morgan fingerprint density at radius 3 is 3.13 bits per heavy atom.